The minimum Gasteiger partial charge on any atom is -0.444 e. The van der Waals surface area contributed by atoms with E-state index in [4.69, 9.17) is 9.47 Å². The Kier molecular flexibility index (Phi) is 4.42. The van der Waals surface area contributed by atoms with Gasteiger partial charge in [-0.3, -0.25) is 0 Å². The molecule has 1 aliphatic rings. The van der Waals surface area contributed by atoms with Gasteiger partial charge in [0.25, 0.3) is 0 Å². The van der Waals surface area contributed by atoms with Crippen LogP contribution in [0.2, 0.25) is 0 Å². The number of carbonyl (C=O) groups is 1. The van der Waals surface area contributed by atoms with E-state index < -0.39 is 5.60 Å². The number of hydrogen-bond donors (Lipinski definition) is 0. The van der Waals surface area contributed by atoms with Crippen LogP contribution in [0.3, 0.4) is 0 Å². The highest BCUT2D eigenvalue weighted by Gasteiger charge is 2.33. The first-order valence-electron chi connectivity index (χ1n) is 6.38. The summed E-state index contributed by atoms with van der Waals surface area (Å²) >= 11 is 0. The zero-order valence-corrected chi connectivity index (χ0v) is 11.7. The van der Waals surface area contributed by atoms with Crippen molar-refractivity contribution in [3.63, 3.8) is 0 Å². The predicted octanol–water partition coefficient (Wildman–Crippen LogP) is 2.81. The number of nitrogens with zero attached hydrogens (tertiary/aromatic N) is 1. The van der Waals surface area contributed by atoms with Crippen LogP contribution >= 0.6 is 0 Å². The van der Waals surface area contributed by atoms with E-state index in [-0.39, 0.29) is 11.7 Å². The molecular weight excluding hydrogens is 218 g/mol. The third-order valence-corrected chi connectivity index (χ3v) is 2.97. The Balaban J connectivity index is 2.44. The highest BCUT2D eigenvalue weighted by Crippen LogP contribution is 2.26. The number of carbonyl (C=O) groups excluding carboxylic acids is 1. The van der Waals surface area contributed by atoms with E-state index in [2.05, 4.69) is 6.92 Å². The summed E-state index contributed by atoms with van der Waals surface area (Å²) in [4.78, 5) is 13.6. The van der Waals surface area contributed by atoms with E-state index in [1.54, 1.807) is 4.90 Å². The largest absolute Gasteiger partial charge is 0.444 e. The van der Waals surface area contributed by atoms with Crippen LogP contribution in [-0.2, 0) is 9.47 Å². The quantitative estimate of drug-likeness (QED) is 0.748. The lowest BCUT2D eigenvalue weighted by Gasteiger charge is -2.39. The minimum absolute atomic E-state index is 0.0761. The van der Waals surface area contributed by atoms with Crippen molar-refractivity contribution in [1.29, 1.82) is 0 Å². The maximum absolute atomic E-state index is 11.8. The highest BCUT2D eigenvalue weighted by atomic mass is 16.6. The molecule has 1 rings (SSSR count). The van der Waals surface area contributed by atoms with E-state index in [0.29, 0.717) is 13.1 Å². The molecule has 0 N–H and O–H groups in total. The maximum atomic E-state index is 11.8. The third-order valence-electron chi connectivity index (χ3n) is 2.97. The second-order valence-corrected chi connectivity index (χ2v) is 5.85. The van der Waals surface area contributed by atoms with Crippen LogP contribution < -0.4 is 0 Å². The summed E-state index contributed by atoms with van der Waals surface area (Å²) in [5, 5.41) is 0. The lowest BCUT2D eigenvalue weighted by Crippen LogP contribution is -2.47. The van der Waals surface area contributed by atoms with Crippen molar-refractivity contribution in [1.82, 2.24) is 4.90 Å². The minimum atomic E-state index is -0.419. The van der Waals surface area contributed by atoms with Crippen molar-refractivity contribution >= 4 is 6.09 Å². The van der Waals surface area contributed by atoms with Crippen molar-refractivity contribution in [2.45, 2.75) is 58.7 Å². The number of likely N-dealkylation sites (tertiary alicyclic amines) is 1. The molecule has 100 valence electrons. The van der Waals surface area contributed by atoms with Crippen molar-refractivity contribution in [2.24, 2.45) is 0 Å². The number of piperidine rings is 1. The first-order valence-corrected chi connectivity index (χ1v) is 6.38. The van der Waals surface area contributed by atoms with Gasteiger partial charge < -0.3 is 14.4 Å². The number of ether oxygens (including phenoxy) is 2. The Morgan fingerprint density at radius 1 is 1.29 bits per heavy atom. The zero-order valence-electron chi connectivity index (χ0n) is 11.7. The van der Waals surface area contributed by atoms with Gasteiger partial charge in [0, 0.05) is 19.7 Å². The zero-order chi connectivity index (χ0) is 13.1. The fraction of sp³-hybridized carbons (Fsp3) is 0.923. The molecule has 4 heteroatoms. The van der Waals surface area contributed by atoms with Gasteiger partial charge in [-0.1, -0.05) is 0 Å². The Labute approximate surface area is 104 Å². The third kappa shape index (κ3) is 4.54. The predicted molar refractivity (Wildman–Crippen MR) is 67.1 cm³/mol. The SMILES string of the molecule is CCOC1(C)CCN(C(=O)OC(C)(C)C)CC1. The van der Waals surface area contributed by atoms with E-state index in [1.807, 2.05) is 27.7 Å². The summed E-state index contributed by atoms with van der Waals surface area (Å²) in [5.74, 6) is 0. The Bertz CT molecular complexity index is 262. The van der Waals surface area contributed by atoms with E-state index in [0.717, 1.165) is 19.4 Å². The van der Waals surface area contributed by atoms with Gasteiger partial charge in [-0.25, -0.2) is 4.79 Å². The van der Waals surface area contributed by atoms with Crippen LogP contribution in [0.25, 0.3) is 0 Å². The fourth-order valence-corrected chi connectivity index (χ4v) is 1.98. The molecule has 0 bridgehead atoms. The lowest BCUT2D eigenvalue weighted by molar-refractivity contribution is -0.0676. The first kappa shape index (κ1) is 14.3. The van der Waals surface area contributed by atoms with Gasteiger partial charge in [0.05, 0.1) is 5.60 Å². The maximum Gasteiger partial charge on any atom is 0.410 e. The van der Waals surface area contributed by atoms with Crippen LogP contribution in [0.4, 0.5) is 4.79 Å². The van der Waals surface area contributed by atoms with Crippen LogP contribution in [-0.4, -0.2) is 41.9 Å². The highest BCUT2D eigenvalue weighted by molar-refractivity contribution is 5.68. The van der Waals surface area contributed by atoms with Crippen molar-refractivity contribution < 1.29 is 14.3 Å². The Morgan fingerprint density at radius 3 is 2.24 bits per heavy atom. The second-order valence-electron chi connectivity index (χ2n) is 5.85. The molecule has 0 unspecified atom stereocenters. The second kappa shape index (κ2) is 5.25. The summed E-state index contributed by atoms with van der Waals surface area (Å²) in [6.45, 7) is 11.9. The van der Waals surface area contributed by atoms with Gasteiger partial charge in [0.1, 0.15) is 5.60 Å². The topological polar surface area (TPSA) is 38.8 Å². The van der Waals surface area contributed by atoms with Gasteiger partial charge in [-0.2, -0.15) is 0 Å². The molecule has 0 aromatic heterocycles. The molecule has 0 aliphatic carbocycles. The summed E-state index contributed by atoms with van der Waals surface area (Å²) in [7, 11) is 0. The molecule has 4 nitrogen and oxygen atoms in total. The molecule has 1 amide bonds. The van der Waals surface area contributed by atoms with Crippen LogP contribution in [0.15, 0.2) is 0 Å². The van der Waals surface area contributed by atoms with E-state index >= 15 is 0 Å². The molecule has 1 saturated heterocycles. The molecule has 0 aromatic carbocycles. The molecular formula is C13H25NO3. The molecule has 0 atom stereocenters. The van der Waals surface area contributed by atoms with Crippen LogP contribution in [0, 0.1) is 0 Å². The van der Waals surface area contributed by atoms with Gasteiger partial charge in [-0.05, 0) is 47.5 Å². The smallest absolute Gasteiger partial charge is 0.410 e. The normalized spacial score (nSPS) is 20.2. The standard InChI is InChI=1S/C13H25NO3/c1-6-16-13(5)7-9-14(10-8-13)11(15)17-12(2,3)4/h6-10H2,1-5H3. The molecule has 0 spiro atoms. The molecule has 1 heterocycles. The molecule has 1 aliphatic heterocycles. The average molecular weight is 243 g/mol. The Hall–Kier alpha value is -0.770. The van der Waals surface area contributed by atoms with Crippen LogP contribution in [0.5, 0.6) is 0 Å². The average Bonchev–Trinajstić information content (AvgIpc) is 2.15. The number of rotatable bonds is 2. The van der Waals surface area contributed by atoms with E-state index in [9.17, 15) is 4.79 Å². The molecule has 1 fully saturated rings. The Morgan fingerprint density at radius 2 is 1.82 bits per heavy atom. The molecule has 17 heavy (non-hydrogen) atoms. The molecule has 0 radical (unpaired) electrons. The van der Waals surface area contributed by atoms with Gasteiger partial charge in [0.2, 0.25) is 0 Å². The van der Waals surface area contributed by atoms with Gasteiger partial charge in [-0.15, -0.1) is 0 Å². The van der Waals surface area contributed by atoms with Gasteiger partial charge >= 0.3 is 6.09 Å². The monoisotopic (exact) mass is 243 g/mol. The van der Waals surface area contributed by atoms with Gasteiger partial charge in [0.15, 0.2) is 0 Å². The summed E-state index contributed by atoms with van der Waals surface area (Å²) in [5.41, 5.74) is -0.495. The molecule has 0 saturated carbocycles. The van der Waals surface area contributed by atoms with E-state index in [1.165, 1.54) is 0 Å². The van der Waals surface area contributed by atoms with Crippen LogP contribution in [0.1, 0.15) is 47.5 Å². The first-order chi connectivity index (χ1) is 7.76. The van der Waals surface area contributed by atoms with Crippen molar-refractivity contribution in [3.05, 3.63) is 0 Å². The summed E-state index contributed by atoms with van der Waals surface area (Å²) in [6.07, 6.45) is 1.54. The number of amides is 1. The summed E-state index contributed by atoms with van der Waals surface area (Å²) < 4.78 is 11.1. The number of hydrogen-bond acceptors (Lipinski definition) is 3. The molecule has 0 aromatic rings. The fourth-order valence-electron chi connectivity index (χ4n) is 1.98. The van der Waals surface area contributed by atoms with Crippen molar-refractivity contribution in [2.75, 3.05) is 19.7 Å². The lowest BCUT2D eigenvalue weighted by atomic mass is 9.93. The summed E-state index contributed by atoms with van der Waals surface area (Å²) in [6, 6.07) is 0. The van der Waals surface area contributed by atoms with Crippen molar-refractivity contribution in [3.8, 4) is 0 Å².